The molecule has 0 saturated heterocycles. The number of nitrogen functional groups attached to an aromatic ring is 1. The van der Waals surface area contributed by atoms with Crippen LogP contribution in [0.4, 0.5) is 5.95 Å². The van der Waals surface area contributed by atoms with E-state index in [9.17, 15) is 4.79 Å². The predicted octanol–water partition coefficient (Wildman–Crippen LogP) is -1.37. The summed E-state index contributed by atoms with van der Waals surface area (Å²) >= 11 is 0. The van der Waals surface area contributed by atoms with Crippen LogP contribution in [0.5, 0.6) is 0 Å². The SMILES string of the molecule is Nc1nc2c(ncn2COCO)c(=O)[nH]1. The maximum atomic E-state index is 11.3. The molecule has 0 radical (unpaired) electrons. The van der Waals surface area contributed by atoms with E-state index in [0.29, 0.717) is 5.65 Å². The number of aromatic amines is 1. The van der Waals surface area contributed by atoms with Gasteiger partial charge in [-0.15, -0.1) is 0 Å². The molecule has 2 aromatic rings. The minimum atomic E-state index is -0.418. The monoisotopic (exact) mass is 211 g/mol. The zero-order valence-electron chi connectivity index (χ0n) is 7.67. The predicted molar refractivity (Wildman–Crippen MR) is 50.7 cm³/mol. The summed E-state index contributed by atoms with van der Waals surface area (Å²) in [7, 11) is 0. The maximum absolute atomic E-state index is 11.3. The third-order valence-corrected chi connectivity index (χ3v) is 1.81. The molecule has 0 unspecified atom stereocenters. The van der Waals surface area contributed by atoms with Crippen LogP contribution in [0.1, 0.15) is 0 Å². The molecule has 0 fully saturated rings. The van der Waals surface area contributed by atoms with Gasteiger partial charge < -0.3 is 15.6 Å². The number of rotatable bonds is 3. The van der Waals surface area contributed by atoms with Crippen LogP contribution in [-0.4, -0.2) is 31.4 Å². The van der Waals surface area contributed by atoms with Crippen LogP contribution in [0.2, 0.25) is 0 Å². The highest BCUT2D eigenvalue weighted by Gasteiger charge is 2.08. The van der Waals surface area contributed by atoms with E-state index in [1.807, 2.05) is 0 Å². The molecule has 0 bridgehead atoms. The summed E-state index contributed by atoms with van der Waals surface area (Å²) in [6.45, 7) is -0.360. The van der Waals surface area contributed by atoms with Crippen LogP contribution in [0, 0.1) is 0 Å². The molecule has 15 heavy (non-hydrogen) atoms. The largest absolute Gasteiger partial charge is 0.371 e. The zero-order chi connectivity index (χ0) is 10.8. The van der Waals surface area contributed by atoms with Gasteiger partial charge in [0.15, 0.2) is 11.2 Å². The first-order chi connectivity index (χ1) is 7.22. The molecule has 0 amide bonds. The number of nitrogens with zero attached hydrogens (tertiary/aromatic N) is 3. The maximum Gasteiger partial charge on any atom is 0.280 e. The normalized spacial score (nSPS) is 11.0. The van der Waals surface area contributed by atoms with Gasteiger partial charge >= 0.3 is 0 Å². The van der Waals surface area contributed by atoms with E-state index >= 15 is 0 Å². The molecule has 0 spiro atoms. The van der Waals surface area contributed by atoms with Crippen molar-refractivity contribution in [2.45, 2.75) is 6.73 Å². The topological polar surface area (TPSA) is 119 Å². The molecule has 0 aliphatic carbocycles. The van der Waals surface area contributed by atoms with Crippen molar-refractivity contribution >= 4 is 17.1 Å². The number of hydrogen-bond acceptors (Lipinski definition) is 6. The summed E-state index contributed by atoms with van der Waals surface area (Å²) in [5.41, 5.74) is 5.49. The summed E-state index contributed by atoms with van der Waals surface area (Å²) in [6, 6.07) is 0. The van der Waals surface area contributed by atoms with E-state index in [-0.39, 0.29) is 18.2 Å². The Balaban J connectivity index is 2.53. The van der Waals surface area contributed by atoms with Crippen molar-refractivity contribution in [2.24, 2.45) is 0 Å². The van der Waals surface area contributed by atoms with Crippen molar-refractivity contribution < 1.29 is 9.84 Å². The van der Waals surface area contributed by atoms with Gasteiger partial charge in [0, 0.05) is 0 Å². The van der Waals surface area contributed by atoms with Crippen LogP contribution >= 0.6 is 0 Å². The Hall–Kier alpha value is -1.93. The van der Waals surface area contributed by atoms with Crippen LogP contribution < -0.4 is 11.3 Å². The molecule has 0 aliphatic heterocycles. The molecule has 0 saturated carbocycles. The molecule has 80 valence electrons. The van der Waals surface area contributed by atoms with Gasteiger partial charge in [0.05, 0.1) is 6.33 Å². The van der Waals surface area contributed by atoms with Gasteiger partial charge in [-0.05, 0) is 0 Å². The Morgan fingerprint density at radius 3 is 3.20 bits per heavy atom. The lowest BCUT2D eigenvalue weighted by atomic mass is 10.5. The number of anilines is 1. The lowest BCUT2D eigenvalue weighted by Crippen LogP contribution is -2.12. The lowest BCUT2D eigenvalue weighted by molar-refractivity contribution is -0.0342. The van der Waals surface area contributed by atoms with Gasteiger partial charge in [0.1, 0.15) is 13.5 Å². The van der Waals surface area contributed by atoms with Crippen LogP contribution in [0.25, 0.3) is 11.2 Å². The number of aliphatic hydroxyl groups excluding tert-OH is 1. The van der Waals surface area contributed by atoms with E-state index in [4.69, 9.17) is 15.6 Å². The number of imidazole rings is 1. The quantitative estimate of drug-likeness (QED) is 0.538. The van der Waals surface area contributed by atoms with Crippen molar-refractivity contribution in [3.8, 4) is 0 Å². The summed E-state index contributed by atoms with van der Waals surface area (Å²) in [6.07, 6.45) is 1.39. The summed E-state index contributed by atoms with van der Waals surface area (Å²) in [5.74, 6) is 0.0123. The van der Waals surface area contributed by atoms with Gasteiger partial charge in [-0.3, -0.25) is 14.3 Å². The van der Waals surface area contributed by atoms with Gasteiger partial charge in [-0.25, -0.2) is 4.98 Å². The molecule has 2 aromatic heterocycles. The highest BCUT2D eigenvalue weighted by atomic mass is 16.6. The molecule has 2 rings (SSSR count). The first kappa shape index (κ1) is 9.62. The number of H-pyrrole nitrogens is 1. The Morgan fingerprint density at radius 2 is 2.47 bits per heavy atom. The summed E-state index contributed by atoms with van der Waals surface area (Å²) in [4.78, 5) is 21.4. The van der Waals surface area contributed by atoms with Crippen molar-refractivity contribution in [1.82, 2.24) is 19.5 Å². The second-order valence-electron chi connectivity index (χ2n) is 2.80. The first-order valence-electron chi connectivity index (χ1n) is 4.11. The van der Waals surface area contributed by atoms with Gasteiger partial charge in [0.25, 0.3) is 5.56 Å². The van der Waals surface area contributed by atoms with Crippen molar-refractivity contribution in [3.63, 3.8) is 0 Å². The standard InChI is InChI=1S/C7H9N5O3/c8-7-10-5-4(6(14)11-7)9-1-12(5)2-15-3-13/h1,13H,2-3H2,(H3,8,10,11,14). The molecule has 0 aromatic carbocycles. The third-order valence-electron chi connectivity index (χ3n) is 1.81. The molecule has 0 atom stereocenters. The first-order valence-corrected chi connectivity index (χ1v) is 4.11. The van der Waals surface area contributed by atoms with Gasteiger partial charge in [-0.2, -0.15) is 4.98 Å². The minimum Gasteiger partial charge on any atom is -0.371 e. The van der Waals surface area contributed by atoms with Crippen molar-refractivity contribution in [1.29, 1.82) is 0 Å². The van der Waals surface area contributed by atoms with Crippen LogP contribution in [0.3, 0.4) is 0 Å². The summed E-state index contributed by atoms with van der Waals surface area (Å²) in [5, 5.41) is 8.48. The number of ether oxygens (including phenoxy) is 1. The molecule has 4 N–H and O–H groups in total. The molecule has 0 aliphatic rings. The Kier molecular flexibility index (Phi) is 2.35. The Bertz CT molecular complexity index is 531. The van der Waals surface area contributed by atoms with Gasteiger partial charge in [0.2, 0.25) is 5.95 Å². The van der Waals surface area contributed by atoms with E-state index in [2.05, 4.69) is 15.0 Å². The van der Waals surface area contributed by atoms with E-state index < -0.39 is 12.4 Å². The molecular weight excluding hydrogens is 202 g/mol. The minimum absolute atomic E-state index is 0.0123. The number of fused-ring (bicyclic) bond motifs is 1. The fourth-order valence-corrected chi connectivity index (χ4v) is 1.20. The number of hydrogen-bond donors (Lipinski definition) is 3. The van der Waals surface area contributed by atoms with E-state index in [1.165, 1.54) is 10.9 Å². The molecule has 8 nitrogen and oxygen atoms in total. The highest BCUT2D eigenvalue weighted by Crippen LogP contribution is 2.05. The highest BCUT2D eigenvalue weighted by molar-refractivity contribution is 5.70. The number of aliphatic hydroxyl groups is 1. The number of nitrogens with two attached hydrogens (primary N) is 1. The summed E-state index contributed by atoms with van der Waals surface area (Å²) < 4.78 is 6.22. The average Bonchev–Trinajstić information content (AvgIpc) is 2.58. The van der Waals surface area contributed by atoms with Crippen LogP contribution in [0.15, 0.2) is 11.1 Å². The van der Waals surface area contributed by atoms with Crippen molar-refractivity contribution in [2.75, 3.05) is 12.5 Å². The van der Waals surface area contributed by atoms with E-state index in [1.54, 1.807) is 0 Å². The van der Waals surface area contributed by atoms with Crippen LogP contribution in [-0.2, 0) is 11.5 Å². The fourth-order valence-electron chi connectivity index (χ4n) is 1.20. The molecule has 8 heteroatoms. The average molecular weight is 211 g/mol. The zero-order valence-corrected chi connectivity index (χ0v) is 7.67. The molecule has 2 heterocycles. The molecular formula is C7H9N5O3. The smallest absolute Gasteiger partial charge is 0.280 e. The number of nitrogens with one attached hydrogen (secondary N) is 1. The van der Waals surface area contributed by atoms with Crippen molar-refractivity contribution in [3.05, 3.63) is 16.7 Å². The number of aromatic nitrogens is 4. The lowest BCUT2D eigenvalue weighted by Gasteiger charge is -2.02. The van der Waals surface area contributed by atoms with E-state index in [0.717, 1.165) is 0 Å². The fraction of sp³-hybridized carbons (Fsp3) is 0.286. The Morgan fingerprint density at radius 1 is 1.67 bits per heavy atom. The second kappa shape index (κ2) is 3.67. The third kappa shape index (κ3) is 1.67. The van der Waals surface area contributed by atoms with Gasteiger partial charge in [-0.1, -0.05) is 0 Å². The Labute approximate surface area is 83.3 Å². The second-order valence-corrected chi connectivity index (χ2v) is 2.80.